The molecule has 0 saturated carbocycles. The van der Waals surface area contributed by atoms with Crippen molar-refractivity contribution in [2.75, 3.05) is 13.7 Å². The van der Waals surface area contributed by atoms with E-state index in [4.69, 9.17) is 23.7 Å². The van der Waals surface area contributed by atoms with Gasteiger partial charge in [-0.1, -0.05) is 24.3 Å². The van der Waals surface area contributed by atoms with E-state index in [0.717, 1.165) is 46.3 Å². The Morgan fingerprint density at radius 1 is 1.14 bits per heavy atom. The number of ether oxygens (including phenoxy) is 3. The molecular formula is C23H22N2O4. The van der Waals surface area contributed by atoms with Gasteiger partial charge < -0.3 is 18.6 Å². The van der Waals surface area contributed by atoms with Gasteiger partial charge in [-0.25, -0.2) is 5.01 Å². The minimum atomic E-state index is -0.392. The van der Waals surface area contributed by atoms with Crippen LogP contribution in [0.3, 0.4) is 0 Å². The Bertz CT molecular complexity index is 1040. The van der Waals surface area contributed by atoms with Gasteiger partial charge in [0.15, 0.2) is 11.5 Å². The van der Waals surface area contributed by atoms with E-state index in [-0.39, 0.29) is 6.04 Å². The quantitative estimate of drug-likeness (QED) is 0.618. The standard InChI is InChI=1S/C23H22N2O4/c1-3-27-21-10-5-9-17-19-14-18(20-11-6-12-28-20)24-25(19)23(29-22(17)21)15-7-4-8-16(13-15)26-2/h4-13,19,23H,3,14H2,1-2H3/t19-,23-/m1/s1. The fraction of sp³-hybridized carbons (Fsp3) is 0.261. The Morgan fingerprint density at radius 3 is 2.83 bits per heavy atom. The lowest BCUT2D eigenvalue weighted by atomic mass is 9.97. The minimum absolute atomic E-state index is 0.0375. The number of nitrogens with zero attached hydrogens (tertiary/aromatic N) is 2. The van der Waals surface area contributed by atoms with Gasteiger partial charge in [0, 0.05) is 17.5 Å². The summed E-state index contributed by atoms with van der Waals surface area (Å²) in [6, 6.07) is 17.8. The summed E-state index contributed by atoms with van der Waals surface area (Å²) in [5, 5.41) is 6.91. The first kappa shape index (κ1) is 17.7. The van der Waals surface area contributed by atoms with Gasteiger partial charge in [0.25, 0.3) is 0 Å². The molecular weight excluding hydrogens is 368 g/mol. The molecule has 148 valence electrons. The van der Waals surface area contributed by atoms with Crippen molar-refractivity contribution in [1.29, 1.82) is 0 Å². The molecule has 0 radical (unpaired) electrons. The smallest absolute Gasteiger partial charge is 0.214 e. The Morgan fingerprint density at radius 2 is 2.03 bits per heavy atom. The number of furan rings is 1. The summed E-state index contributed by atoms with van der Waals surface area (Å²) in [5.74, 6) is 3.09. The molecule has 0 spiro atoms. The largest absolute Gasteiger partial charge is 0.497 e. The van der Waals surface area contributed by atoms with Gasteiger partial charge in [0.1, 0.15) is 17.2 Å². The predicted molar refractivity (Wildman–Crippen MR) is 108 cm³/mol. The van der Waals surface area contributed by atoms with E-state index in [1.165, 1.54) is 0 Å². The number of hydrazone groups is 1. The van der Waals surface area contributed by atoms with Crippen molar-refractivity contribution in [2.45, 2.75) is 25.6 Å². The first-order valence-electron chi connectivity index (χ1n) is 9.74. The first-order chi connectivity index (χ1) is 14.3. The van der Waals surface area contributed by atoms with E-state index in [1.54, 1.807) is 13.4 Å². The molecule has 6 heteroatoms. The molecule has 1 aromatic heterocycles. The van der Waals surface area contributed by atoms with Gasteiger partial charge in [-0.2, -0.15) is 5.10 Å². The van der Waals surface area contributed by atoms with Crippen LogP contribution >= 0.6 is 0 Å². The Balaban J connectivity index is 1.62. The van der Waals surface area contributed by atoms with Crippen molar-refractivity contribution in [3.63, 3.8) is 0 Å². The lowest BCUT2D eigenvalue weighted by Gasteiger charge is -2.38. The fourth-order valence-electron chi connectivity index (χ4n) is 3.96. The van der Waals surface area contributed by atoms with Gasteiger partial charge >= 0.3 is 0 Å². The highest BCUT2D eigenvalue weighted by Crippen LogP contribution is 2.50. The van der Waals surface area contributed by atoms with Crippen molar-refractivity contribution in [2.24, 2.45) is 5.10 Å². The van der Waals surface area contributed by atoms with Crippen LogP contribution in [0.2, 0.25) is 0 Å². The van der Waals surface area contributed by atoms with Gasteiger partial charge in [-0.3, -0.25) is 0 Å². The predicted octanol–water partition coefficient (Wildman–Crippen LogP) is 4.93. The Labute approximate surface area is 169 Å². The normalized spacial score (nSPS) is 19.8. The highest BCUT2D eigenvalue weighted by Gasteiger charge is 2.42. The van der Waals surface area contributed by atoms with Crippen LogP contribution < -0.4 is 14.2 Å². The van der Waals surface area contributed by atoms with E-state index >= 15 is 0 Å². The van der Waals surface area contributed by atoms with Crippen molar-refractivity contribution < 1.29 is 18.6 Å². The highest BCUT2D eigenvalue weighted by atomic mass is 16.5. The average molecular weight is 390 g/mol. The number of methoxy groups -OCH3 is 1. The third-order valence-electron chi connectivity index (χ3n) is 5.26. The van der Waals surface area contributed by atoms with Gasteiger partial charge in [0.05, 0.1) is 26.0 Å². The second kappa shape index (κ2) is 7.20. The molecule has 0 N–H and O–H groups in total. The Kier molecular flexibility index (Phi) is 4.39. The summed E-state index contributed by atoms with van der Waals surface area (Å²) in [7, 11) is 1.66. The van der Waals surface area contributed by atoms with Crippen LogP contribution in [0.1, 0.15) is 42.5 Å². The molecule has 2 aliphatic heterocycles. The molecule has 2 aromatic carbocycles. The zero-order chi connectivity index (χ0) is 19.8. The molecule has 2 atom stereocenters. The van der Waals surface area contributed by atoms with Crippen LogP contribution in [0.5, 0.6) is 17.2 Å². The zero-order valence-corrected chi connectivity index (χ0v) is 16.4. The minimum Gasteiger partial charge on any atom is -0.497 e. The number of benzene rings is 2. The summed E-state index contributed by atoms with van der Waals surface area (Å²) in [5.41, 5.74) is 2.95. The van der Waals surface area contributed by atoms with Gasteiger partial charge in [0.2, 0.25) is 6.23 Å². The summed E-state index contributed by atoms with van der Waals surface area (Å²) >= 11 is 0. The molecule has 5 rings (SSSR count). The maximum Gasteiger partial charge on any atom is 0.214 e. The lowest BCUT2D eigenvalue weighted by Crippen LogP contribution is -2.34. The average Bonchev–Trinajstić information content (AvgIpc) is 3.44. The van der Waals surface area contributed by atoms with Crippen LogP contribution in [0.25, 0.3) is 0 Å². The van der Waals surface area contributed by atoms with Gasteiger partial charge in [-0.15, -0.1) is 0 Å². The van der Waals surface area contributed by atoms with Gasteiger partial charge in [-0.05, 0) is 37.3 Å². The van der Waals surface area contributed by atoms with E-state index in [2.05, 4.69) is 6.07 Å². The fourth-order valence-corrected chi connectivity index (χ4v) is 3.96. The SMILES string of the molecule is CCOc1cccc2c1O[C@H](c1cccc(OC)c1)N1N=C(c3ccco3)C[C@H]21. The summed E-state index contributed by atoms with van der Waals surface area (Å²) in [4.78, 5) is 0. The second-order valence-corrected chi connectivity index (χ2v) is 6.98. The summed E-state index contributed by atoms with van der Waals surface area (Å²) in [6.45, 7) is 2.55. The van der Waals surface area contributed by atoms with E-state index in [1.807, 2.05) is 60.5 Å². The van der Waals surface area contributed by atoms with Crippen LogP contribution in [0.15, 0.2) is 70.4 Å². The van der Waals surface area contributed by atoms with Crippen LogP contribution in [-0.4, -0.2) is 24.4 Å². The number of fused-ring (bicyclic) bond motifs is 3. The van der Waals surface area contributed by atoms with Crippen molar-refractivity contribution >= 4 is 5.71 Å². The van der Waals surface area contributed by atoms with E-state index < -0.39 is 6.23 Å². The number of rotatable bonds is 5. The molecule has 2 aliphatic rings. The van der Waals surface area contributed by atoms with E-state index in [0.29, 0.717) is 6.61 Å². The maximum atomic E-state index is 6.49. The van der Waals surface area contributed by atoms with Crippen molar-refractivity contribution in [1.82, 2.24) is 5.01 Å². The molecule has 6 nitrogen and oxygen atoms in total. The Hall–Kier alpha value is -3.41. The first-order valence-corrected chi connectivity index (χ1v) is 9.74. The molecule has 0 fully saturated rings. The highest BCUT2D eigenvalue weighted by molar-refractivity contribution is 5.99. The molecule has 3 heterocycles. The monoisotopic (exact) mass is 390 g/mol. The van der Waals surface area contributed by atoms with Crippen LogP contribution in [-0.2, 0) is 0 Å². The maximum absolute atomic E-state index is 6.49. The molecule has 0 bridgehead atoms. The molecule has 0 amide bonds. The molecule has 29 heavy (non-hydrogen) atoms. The van der Waals surface area contributed by atoms with Crippen molar-refractivity contribution in [3.8, 4) is 17.2 Å². The van der Waals surface area contributed by atoms with E-state index in [9.17, 15) is 0 Å². The topological polar surface area (TPSA) is 56.4 Å². The molecule has 0 unspecified atom stereocenters. The number of hydrogen-bond donors (Lipinski definition) is 0. The lowest BCUT2D eigenvalue weighted by molar-refractivity contribution is -0.0213. The number of hydrogen-bond acceptors (Lipinski definition) is 6. The number of para-hydroxylation sites is 1. The molecule has 3 aromatic rings. The third kappa shape index (κ3) is 3.01. The molecule has 0 saturated heterocycles. The summed E-state index contributed by atoms with van der Waals surface area (Å²) in [6.07, 6.45) is 2.02. The van der Waals surface area contributed by atoms with Crippen molar-refractivity contribution in [3.05, 3.63) is 77.7 Å². The third-order valence-corrected chi connectivity index (χ3v) is 5.26. The van der Waals surface area contributed by atoms with Crippen LogP contribution in [0, 0.1) is 0 Å². The van der Waals surface area contributed by atoms with Crippen LogP contribution in [0.4, 0.5) is 0 Å². The zero-order valence-electron chi connectivity index (χ0n) is 16.4. The second-order valence-electron chi connectivity index (χ2n) is 6.98. The molecule has 0 aliphatic carbocycles. The summed E-state index contributed by atoms with van der Waals surface area (Å²) < 4.78 is 23.4.